The highest BCUT2D eigenvalue weighted by molar-refractivity contribution is 6.06. The van der Waals surface area contributed by atoms with Gasteiger partial charge in [-0.2, -0.15) is 0 Å². The van der Waals surface area contributed by atoms with E-state index in [1.807, 2.05) is 55.5 Å². The smallest absolute Gasteiger partial charge is 0.305 e. The number of aryl methyl sites for hydroxylation is 1. The SMILES string of the molecule is Cc1cccc(C(=O)N(Cc2ccc(C(=O)NCCC(=O)O)cc2)c2ccc(C3CCCCC3)cc2)c1. The first-order valence-corrected chi connectivity index (χ1v) is 13.0. The van der Waals surface area contributed by atoms with E-state index in [0.29, 0.717) is 23.6 Å². The first-order valence-electron chi connectivity index (χ1n) is 13.0. The number of carboxylic acid groups (broad SMARTS) is 1. The molecule has 3 aromatic carbocycles. The molecule has 0 unspecified atom stereocenters. The molecule has 37 heavy (non-hydrogen) atoms. The van der Waals surface area contributed by atoms with E-state index in [4.69, 9.17) is 5.11 Å². The van der Waals surface area contributed by atoms with Gasteiger partial charge in [0.25, 0.3) is 11.8 Å². The molecule has 4 rings (SSSR count). The molecule has 0 heterocycles. The highest BCUT2D eigenvalue weighted by Crippen LogP contribution is 2.33. The van der Waals surface area contributed by atoms with Gasteiger partial charge in [-0.05, 0) is 73.2 Å². The van der Waals surface area contributed by atoms with E-state index in [9.17, 15) is 14.4 Å². The molecular formula is C31H34N2O4. The minimum Gasteiger partial charge on any atom is -0.481 e. The van der Waals surface area contributed by atoms with Crippen molar-refractivity contribution in [2.75, 3.05) is 11.4 Å². The van der Waals surface area contributed by atoms with Gasteiger partial charge in [0.2, 0.25) is 0 Å². The van der Waals surface area contributed by atoms with Gasteiger partial charge in [0.15, 0.2) is 0 Å². The van der Waals surface area contributed by atoms with Gasteiger partial charge in [0, 0.05) is 23.4 Å². The van der Waals surface area contributed by atoms with Crippen molar-refractivity contribution in [3.05, 3.63) is 101 Å². The summed E-state index contributed by atoms with van der Waals surface area (Å²) in [4.78, 5) is 38.4. The molecule has 0 atom stereocenters. The number of carboxylic acids is 1. The number of carbonyl (C=O) groups is 3. The van der Waals surface area contributed by atoms with Gasteiger partial charge < -0.3 is 15.3 Å². The Morgan fingerprint density at radius 3 is 2.24 bits per heavy atom. The molecule has 3 aromatic rings. The molecule has 0 aromatic heterocycles. The zero-order valence-corrected chi connectivity index (χ0v) is 21.3. The van der Waals surface area contributed by atoms with Gasteiger partial charge in [0.05, 0.1) is 13.0 Å². The van der Waals surface area contributed by atoms with Crippen molar-refractivity contribution in [3.8, 4) is 0 Å². The molecule has 1 fully saturated rings. The van der Waals surface area contributed by atoms with Crippen LogP contribution in [-0.4, -0.2) is 29.4 Å². The number of hydrogen-bond donors (Lipinski definition) is 2. The summed E-state index contributed by atoms with van der Waals surface area (Å²) in [5, 5.41) is 11.4. The molecule has 0 bridgehead atoms. The van der Waals surface area contributed by atoms with Crippen LogP contribution in [0.5, 0.6) is 0 Å². The zero-order valence-electron chi connectivity index (χ0n) is 21.3. The Balaban J connectivity index is 1.54. The van der Waals surface area contributed by atoms with Crippen molar-refractivity contribution in [3.63, 3.8) is 0 Å². The van der Waals surface area contributed by atoms with Gasteiger partial charge in [-0.3, -0.25) is 14.4 Å². The normalized spacial score (nSPS) is 13.6. The van der Waals surface area contributed by atoms with E-state index in [2.05, 4.69) is 17.4 Å². The Hall–Kier alpha value is -3.93. The van der Waals surface area contributed by atoms with Crippen molar-refractivity contribution in [1.82, 2.24) is 5.32 Å². The maximum atomic E-state index is 13.7. The highest BCUT2D eigenvalue weighted by atomic mass is 16.4. The van der Waals surface area contributed by atoms with Gasteiger partial charge in [-0.15, -0.1) is 0 Å². The van der Waals surface area contributed by atoms with Crippen molar-refractivity contribution < 1.29 is 19.5 Å². The van der Waals surface area contributed by atoms with Crippen LogP contribution in [0.15, 0.2) is 72.8 Å². The molecule has 1 saturated carbocycles. The largest absolute Gasteiger partial charge is 0.481 e. The Morgan fingerprint density at radius 1 is 0.892 bits per heavy atom. The fourth-order valence-corrected chi connectivity index (χ4v) is 4.91. The molecule has 6 nitrogen and oxygen atoms in total. The summed E-state index contributed by atoms with van der Waals surface area (Å²) in [5.41, 5.74) is 5.16. The molecule has 1 aliphatic carbocycles. The van der Waals surface area contributed by atoms with Crippen LogP contribution in [0.1, 0.15) is 81.8 Å². The van der Waals surface area contributed by atoms with E-state index < -0.39 is 5.97 Å². The first-order chi connectivity index (χ1) is 17.9. The fraction of sp³-hybridized carbons (Fsp3) is 0.323. The van der Waals surface area contributed by atoms with Crippen LogP contribution in [0.4, 0.5) is 5.69 Å². The Morgan fingerprint density at radius 2 is 1.59 bits per heavy atom. The molecule has 2 N–H and O–H groups in total. The summed E-state index contributed by atoms with van der Waals surface area (Å²) in [6.07, 6.45) is 6.19. The van der Waals surface area contributed by atoms with Gasteiger partial charge in [0.1, 0.15) is 0 Å². The minimum atomic E-state index is -0.958. The van der Waals surface area contributed by atoms with Crippen molar-refractivity contribution in [1.29, 1.82) is 0 Å². The third kappa shape index (κ3) is 7.06. The molecule has 0 aliphatic heterocycles. The van der Waals surface area contributed by atoms with Crippen LogP contribution in [0.2, 0.25) is 0 Å². The lowest BCUT2D eigenvalue weighted by Gasteiger charge is -2.26. The quantitative estimate of drug-likeness (QED) is 0.374. The monoisotopic (exact) mass is 498 g/mol. The Bertz CT molecular complexity index is 1230. The maximum Gasteiger partial charge on any atom is 0.305 e. The number of carbonyl (C=O) groups excluding carboxylic acids is 2. The number of anilines is 1. The number of hydrogen-bond acceptors (Lipinski definition) is 3. The summed E-state index contributed by atoms with van der Waals surface area (Å²) >= 11 is 0. The predicted octanol–water partition coefficient (Wildman–Crippen LogP) is 6.09. The van der Waals surface area contributed by atoms with Crippen LogP contribution < -0.4 is 10.2 Å². The third-order valence-corrected chi connectivity index (χ3v) is 6.97. The van der Waals surface area contributed by atoms with Crippen LogP contribution in [0, 0.1) is 6.92 Å². The summed E-state index contributed by atoms with van der Waals surface area (Å²) < 4.78 is 0. The second kappa shape index (κ2) is 12.3. The number of aliphatic carboxylic acids is 1. The van der Waals surface area contributed by atoms with Crippen molar-refractivity contribution in [2.45, 2.75) is 57.9 Å². The van der Waals surface area contributed by atoms with Crippen LogP contribution >= 0.6 is 0 Å². The summed E-state index contributed by atoms with van der Waals surface area (Å²) in [6, 6.07) is 23.1. The molecule has 1 aliphatic rings. The molecule has 0 saturated heterocycles. The van der Waals surface area contributed by atoms with E-state index in [0.717, 1.165) is 16.8 Å². The summed E-state index contributed by atoms with van der Waals surface area (Å²) in [7, 11) is 0. The summed E-state index contributed by atoms with van der Waals surface area (Å²) in [5.74, 6) is -0.762. The molecule has 6 heteroatoms. The molecule has 192 valence electrons. The number of amides is 2. The second-order valence-electron chi connectivity index (χ2n) is 9.78. The average molecular weight is 499 g/mol. The average Bonchev–Trinajstić information content (AvgIpc) is 2.92. The lowest BCUT2D eigenvalue weighted by molar-refractivity contribution is -0.136. The number of rotatable bonds is 9. The first kappa shape index (κ1) is 26.1. The van der Waals surface area contributed by atoms with E-state index in [1.54, 1.807) is 17.0 Å². The third-order valence-electron chi connectivity index (χ3n) is 6.97. The molecule has 0 spiro atoms. The van der Waals surface area contributed by atoms with Gasteiger partial charge in [-0.1, -0.05) is 61.2 Å². The molecule has 2 amide bonds. The highest BCUT2D eigenvalue weighted by Gasteiger charge is 2.20. The second-order valence-corrected chi connectivity index (χ2v) is 9.78. The predicted molar refractivity (Wildman–Crippen MR) is 145 cm³/mol. The van der Waals surface area contributed by atoms with E-state index in [-0.39, 0.29) is 24.8 Å². The minimum absolute atomic E-state index is 0.0749. The zero-order chi connectivity index (χ0) is 26.2. The molecule has 0 radical (unpaired) electrons. The number of nitrogens with one attached hydrogen (secondary N) is 1. The van der Waals surface area contributed by atoms with E-state index in [1.165, 1.54) is 37.7 Å². The Kier molecular flexibility index (Phi) is 8.72. The lowest BCUT2D eigenvalue weighted by atomic mass is 9.84. The van der Waals surface area contributed by atoms with Crippen molar-refractivity contribution in [2.24, 2.45) is 0 Å². The lowest BCUT2D eigenvalue weighted by Crippen LogP contribution is -2.30. The van der Waals surface area contributed by atoms with Gasteiger partial charge >= 0.3 is 5.97 Å². The standard InChI is InChI=1S/C31H34N2O4/c1-22-6-5-9-27(20-22)31(37)33(28-16-14-25(15-17-28)24-7-3-2-4-8-24)21-23-10-12-26(13-11-23)30(36)32-19-18-29(34)35/h5-6,9-17,20,24H,2-4,7-8,18-19,21H2,1H3,(H,32,36)(H,34,35). The van der Waals surface area contributed by atoms with Gasteiger partial charge in [-0.25, -0.2) is 0 Å². The van der Waals surface area contributed by atoms with Crippen LogP contribution in [0.3, 0.4) is 0 Å². The Labute approximate surface area is 218 Å². The number of nitrogens with zero attached hydrogens (tertiary/aromatic N) is 1. The fourth-order valence-electron chi connectivity index (χ4n) is 4.91. The topological polar surface area (TPSA) is 86.7 Å². The maximum absolute atomic E-state index is 13.7. The van der Waals surface area contributed by atoms with E-state index >= 15 is 0 Å². The van der Waals surface area contributed by atoms with Crippen LogP contribution in [-0.2, 0) is 11.3 Å². The summed E-state index contributed by atoms with van der Waals surface area (Å²) in [6.45, 7) is 2.41. The van der Waals surface area contributed by atoms with Crippen LogP contribution in [0.25, 0.3) is 0 Å². The number of benzene rings is 3. The van der Waals surface area contributed by atoms with Crippen molar-refractivity contribution >= 4 is 23.5 Å². The molecular weight excluding hydrogens is 464 g/mol.